The quantitative estimate of drug-likeness (QED) is 0.571. The summed E-state index contributed by atoms with van der Waals surface area (Å²) in [6.45, 7) is 3.83. The van der Waals surface area contributed by atoms with Crippen LogP contribution in [0.1, 0.15) is 16.7 Å². The van der Waals surface area contributed by atoms with Crippen molar-refractivity contribution in [2.75, 3.05) is 5.32 Å². The number of rotatable bonds is 4. The molecule has 134 valence electrons. The molecule has 0 saturated carbocycles. The van der Waals surface area contributed by atoms with Gasteiger partial charge in [0.25, 0.3) is 5.91 Å². The SMILES string of the molecule is Cc1cccc(C)c1NC(=O)C(C#N)=Cc1cn(C)nc1-c1cccnc1. The molecule has 2 heterocycles. The molecule has 0 saturated heterocycles. The number of nitriles is 1. The van der Waals surface area contributed by atoms with E-state index in [0.29, 0.717) is 11.3 Å². The molecule has 6 nitrogen and oxygen atoms in total. The predicted molar refractivity (Wildman–Crippen MR) is 105 cm³/mol. The zero-order chi connectivity index (χ0) is 19.4. The molecule has 1 N–H and O–H groups in total. The maximum atomic E-state index is 12.7. The number of nitrogens with one attached hydrogen (secondary N) is 1. The normalized spacial score (nSPS) is 11.1. The Balaban J connectivity index is 1.96. The maximum absolute atomic E-state index is 12.7. The number of hydrogen-bond acceptors (Lipinski definition) is 4. The number of para-hydroxylation sites is 1. The molecule has 0 radical (unpaired) electrons. The number of anilines is 1. The lowest BCUT2D eigenvalue weighted by atomic mass is 10.1. The second-order valence-electron chi connectivity index (χ2n) is 6.24. The van der Waals surface area contributed by atoms with Crippen molar-refractivity contribution in [1.82, 2.24) is 14.8 Å². The second-order valence-corrected chi connectivity index (χ2v) is 6.24. The van der Waals surface area contributed by atoms with Crippen LogP contribution in [0.25, 0.3) is 17.3 Å². The Kier molecular flexibility index (Phi) is 5.13. The molecule has 0 aliphatic rings. The van der Waals surface area contributed by atoms with Gasteiger partial charge in [0.15, 0.2) is 0 Å². The third-order valence-corrected chi connectivity index (χ3v) is 4.18. The molecule has 0 fully saturated rings. The van der Waals surface area contributed by atoms with Crippen molar-refractivity contribution in [1.29, 1.82) is 5.26 Å². The highest BCUT2D eigenvalue weighted by Gasteiger charge is 2.15. The van der Waals surface area contributed by atoms with E-state index in [1.54, 1.807) is 36.4 Å². The molecule has 0 spiro atoms. The molecule has 0 atom stereocenters. The summed E-state index contributed by atoms with van der Waals surface area (Å²) in [5, 5.41) is 16.8. The van der Waals surface area contributed by atoms with Crippen molar-refractivity contribution < 1.29 is 4.79 Å². The van der Waals surface area contributed by atoms with Crippen molar-refractivity contribution in [3.05, 3.63) is 71.2 Å². The van der Waals surface area contributed by atoms with Gasteiger partial charge >= 0.3 is 0 Å². The summed E-state index contributed by atoms with van der Waals surface area (Å²) < 4.78 is 1.65. The van der Waals surface area contributed by atoms with E-state index in [0.717, 1.165) is 22.4 Å². The number of hydrogen-bond donors (Lipinski definition) is 1. The van der Waals surface area contributed by atoms with Gasteiger partial charge in [0.1, 0.15) is 17.3 Å². The van der Waals surface area contributed by atoms with Crippen molar-refractivity contribution in [3.8, 4) is 17.3 Å². The molecule has 0 bridgehead atoms. The lowest BCUT2D eigenvalue weighted by molar-refractivity contribution is -0.112. The molecule has 3 rings (SSSR count). The number of amides is 1. The van der Waals surface area contributed by atoms with Crippen LogP contribution in [0.4, 0.5) is 5.69 Å². The monoisotopic (exact) mass is 357 g/mol. The first kappa shape index (κ1) is 18.1. The topological polar surface area (TPSA) is 83.6 Å². The molecule has 0 unspecified atom stereocenters. The standard InChI is InChI=1S/C21H19N5O/c1-14-6-4-7-15(2)19(14)24-21(27)17(11-22)10-18-13-26(3)25-20(18)16-8-5-9-23-12-16/h4-10,12-13H,1-3H3,(H,24,27). The Morgan fingerprint density at radius 1 is 1.22 bits per heavy atom. The highest BCUT2D eigenvalue weighted by molar-refractivity contribution is 6.10. The number of carbonyl (C=O) groups excluding carboxylic acids is 1. The summed E-state index contributed by atoms with van der Waals surface area (Å²) in [4.78, 5) is 16.8. The molecule has 1 aromatic carbocycles. The van der Waals surface area contributed by atoms with Gasteiger partial charge in [0.05, 0.1) is 0 Å². The highest BCUT2D eigenvalue weighted by Crippen LogP contribution is 2.24. The first-order valence-electron chi connectivity index (χ1n) is 8.43. The molecular weight excluding hydrogens is 338 g/mol. The van der Waals surface area contributed by atoms with Gasteiger partial charge in [-0.3, -0.25) is 14.5 Å². The van der Waals surface area contributed by atoms with Crippen LogP contribution in [0.2, 0.25) is 0 Å². The van der Waals surface area contributed by atoms with E-state index in [2.05, 4.69) is 15.4 Å². The van der Waals surface area contributed by atoms with Crippen LogP contribution in [0, 0.1) is 25.2 Å². The minimum atomic E-state index is -0.448. The molecule has 3 aromatic rings. The van der Waals surface area contributed by atoms with Crippen LogP contribution in [0.5, 0.6) is 0 Å². The predicted octanol–water partition coefficient (Wildman–Crippen LogP) is 3.64. The first-order chi connectivity index (χ1) is 13.0. The number of benzene rings is 1. The Morgan fingerprint density at radius 3 is 2.59 bits per heavy atom. The number of aromatic nitrogens is 3. The van der Waals surface area contributed by atoms with Crippen molar-refractivity contribution >= 4 is 17.7 Å². The van der Waals surface area contributed by atoms with E-state index < -0.39 is 5.91 Å². The van der Waals surface area contributed by atoms with Crippen molar-refractivity contribution in [2.24, 2.45) is 7.05 Å². The minimum absolute atomic E-state index is 0.00999. The van der Waals surface area contributed by atoms with Crippen molar-refractivity contribution in [3.63, 3.8) is 0 Å². The van der Waals surface area contributed by atoms with Gasteiger partial charge < -0.3 is 5.32 Å². The Hall–Kier alpha value is -3.72. The van der Waals surface area contributed by atoms with Gasteiger partial charge in [0.2, 0.25) is 0 Å². The zero-order valence-corrected chi connectivity index (χ0v) is 15.4. The lowest BCUT2D eigenvalue weighted by Gasteiger charge is -2.10. The molecule has 0 aliphatic heterocycles. The summed E-state index contributed by atoms with van der Waals surface area (Å²) in [5.74, 6) is -0.448. The van der Waals surface area contributed by atoms with Gasteiger partial charge in [-0.1, -0.05) is 18.2 Å². The van der Waals surface area contributed by atoms with E-state index in [9.17, 15) is 10.1 Å². The van der Waals surface area contributed by atoms with E-state index >= 15 is 0 Å². The van der Waals surface area contributed by atoms with Gasteiger partial charge in [-0.15, -0.1) is 0 Å². The van der Waals surface area contributed by atoms with Crippen LogP contribution >= 0.6 is 0 Å². The number of nitrogens with zero attached hydrogens (tertiary/aromatic N) is 4. The summed E-state index contributed by atoms with van der Waals surface area (Å²) in [5.41, 5.74) is 4.78. The number of pyridine rings is 1. The minimum Gasteiger partial charge on any atom is -0.321 e. The average Bonchev–Trinajstić information content (AvgIpc) is 3.03. The van der Waals surface area contributed by atoms with Gasteiger partial charge in [0, 0.05) is 42.5 Å². The molecule has 27 heavy (non-hydrogen) atoms. The van der Waals surface area contributed by atoms with Crippen LogP contribution < -0.4 is 5.32 Å². The highest BCUT2D eigenvalue weighted by atomic mass is 16.1. The molecule has 6 heteroatoms. The van der Waals surface area contributed by atoms with E-state index in [1.165, 1.54) is 0 Å². The molecular formula is C21H19N5O. The van der Waals surface area contributed by atoms with Gasteiger partial charge in [-0.25, -0.2) is 0 Å². The fourth-order valence-electron chi connectivity index (χ4n) is 2.84. The Labute approximate surface area is 157 Å². The fraction of sp³-hybridized carbons (Fsp3) is 0.143. The van der Waals surface area contributed by atoms with Crippen LogP contribution in [-0.4, -0.2) is 20.7 Å². The van der Waals surface area contributed by atoms with Crippen LogP contribution in [0.15, 0.2) is 54.5 Å². The van der Waals surface area contributed by atoms with Crippen LogP contribution in [-0.2, 0) is 11.8 Å². The van der Waals surface area contributed by atoms with Crippen LogP contribution in [0.3, 0.4) is 0 Å². The Morgan fingerprint density at radius 2 is 1.96 bits per heavy atom. The molecule has 2 aromatic heterocycles. The summed E-state index contributed by atoms with van der Waals surface area (Å²) in [6.07, 6.45) is 6.70. The van der Waals surface area contributed by atoms with Gasteiger partial charge in [-0.05, 0) is 43.2 Å². The first-order valence-corrected chi connectivity index (χ1v) is 8.43. The molecule has 0 aliphatic carbocycles. The van der Waals surface area contributed by atoms with Gasteiger partial charge in [-0.2, -0.15) is 10.4 Å². The fourth-order valence-corrected chi connectivity index (χ4v) is 2.84. The smallest absolute Gasteiger partial charge is 0.266 e. The summed E-state index contributed by atoms with van der Waals surface area (Å²) >= 11 is 0. The third-order valence-electron chi connectivity index (χ3n) is 4.18. The largest absolute Gasteiger partial charge is 0.321 e. The average molecular weight is 357 g/mol. The Bertz CT molecular complexity index is 1040. The van der Waals surface area contributed by atoms with E-state index in [-0.39, 0.29) is 5.57 Å². The maximum Gasteiger partial charge on any atom is 0.266 e. The van der Waals surface area contributed by atoms with E-state index in [1.807, 2.05) is 50.2 Å². The second kappa shape index (κ2) is 7.67. The summed E-state index contributed by atoms with van der Waals surface area (Å²) in [6, 6.07) is 11.5. The zero-order valence-electron chi connectivity index (χ0n) is 15.4. The number of carbonyl (C=O) groups is 1. The molecule has 1 amide bonds. The van der Waals surface area contributed by atoms with E-state index in [4.69, 9.17) is 0 Å². The van der Waals surface area contributed by atoms with Crippen molar-refractivity contribution in [2.45, 2.75) is 13.8 Å². The number of aryl methyl sites for hydroxylation is 3. The summed E-state index contributed by atoms with van der Waals surface area (Å²) in [7, 11) is 1.79. The lowest BCUT2D eigenvalue weighted by Crippen LogP contribution is -2.15. The third kappa shape index (κ3) is 3.93.